The van der Waals surface area contributed by atoms with Crippen LogP contribution in [0.15, 0.2) is 12.1 Å². The zero-order valence-corrected chi connectivity index (χ0v) is 11.2. The number of ether oxygens (including phenoxy) is 1. The molecule has 0 aliphatic heterocycles. The first-order chi connectivity index (χ1) is 8.66. The Kier molecular flexibility index (Phi) is 4.79. The molecule has 0 aliphatic carbocycles. The molecule has 0 saturated carbocycles. The molecule has 19 heavy (non-hydrogen) atoms. The van der Waals surface area contributed by atoms with E-state index in [0.717, 1.165) is 6.92 Å². The van der Waals surface area contributed by atoms with Crippen LogP contribution in [0.3, 0.4) is 0 Å². The molecule has 2 nitrogen and oxygen atoms in total. The minimum absolute atomic E-state index is 0.0468. The zero-order chi connectivity index (χ0) is 14.8. The number of halogens is 4. The molecule has 0 amide bonds. The van der Waals surface area contributed by atoms with Gasteiger partial charge in [-0.25, -0.2) is 4.39 Å². The van der Waals surface area contributed by atoms with Crippen LogP contribution in [0.1, 0.15) is 31.0 Å². The van der Waals surface area contributed by atoms with Gasteiger partial charge in [0.25, 0.3) is 0 Å². The lowest BCUT2D eigenvalue weighted by Gasteiger charge is -2.22. The number of alkyl halides is 3. The second-order valence-electron chi connectivity index (χ2n) is 4.45. The highest BCUT2D eigenvalue weighted by atomic mass is 19.4. The fourth-order valence-electron chi connectivity index (χ4n) is 1.52. The van der Waals surface area contributed by atoms with Crippen molar-refractivity contribution in [2.24, 2.45) is 0 Å². The topological polar surface area (TPSA) is 21.3 Å². The van der Waals surface area contributed by atoms with E-state index in [1.807, 2.05) is 0 Å². The quantitative estimate of drug-likeness (QED) is 0.848. The maximum Gasteiger partial charge on any atom is 0.425 e. The van der Waals surface area contributed by atoms with Crippen molar-refractivity contribution in [2.75, 3.05) is 7.05 Å². The molecule has 0 radical (unpaired) electrons. The van der Waals surface area contributed by atoms with Gasteiger partial charge < -0.3 is 10.1 Å². The first-order valence-corrected chi connectivity index (χ1v) is 5.87. The van der Waals surface area contributed by atoms with E-state index in [1.165, 1.54) is 19.1 Å². The fourth-order valence-corrected chi connectivity index (χ4v) is 1.52. The Balaban J connectivity index is 3.14. The van der Waals surface area contributed by atoms with E-state index in [2.05, 4.69) is 5.32 Å². The average molecular weight is 279 g/mol. The molecule has 2 unspecified atom stereocenters. The highest BCUT2D eigenvalue weighted by Crippen LogP contribution is 2.32. The first-order valence-electron chi connectivity index (χ1n) is 5.87. The molecule has 1 aromatic carbocycles. The van der Waals surface area contributed by atoms with Gasteiger partial charge in [0.2, 0.25) is 0 Å². The molecule has 2 atom stereocenters. The van der Waals surface area contributed by atoms with Crippen molar-refractivity contribution in [2.45, 2.75) is 39.1 Å². The van der Waals surface area contributed by atoms with Crippen LogP contribution in [0.5, 0.6) is 5.75 Å². The van der Waals surface area contributed by atoms with Gasteiger partial charge in [-0.15, -0.1) is 0 Å². The number of hydrogen-bond donors (Lipinski definition) is 1. The van der Waals surface area contributed by atoms with Crippen molar-refractivity contribution in [3.63, 3.8) is 0 Å². The maximum atomic E-state index is 13.5. The van der Waals surface area contributed by atoms with E-state index in [-0.39, 0.29) is 17.4 Å². The Hall–Kier alpha value is -1.30. The number of nitrogens with one attached hydrogen (secondary N) is 1. The lowest BCUT2D eigenvalue weighted by Crippen LogP contribution is -2.32. The molecular formula is C13H17F4NO. The van der Waals surface area contributed by atoms with Crippen LogP contribution in [-0.2, 0) is 0 Å². The third-order valence-electron chi connectivity index (χ3n) is 2.96. The highest BCUT2D eigenvalue weighted by Gasteiger charge is 2.38. The van der Waals surface area contributed by atoms with E-state index >= 15 is 0 Å². The largest absolute Gasteiger partial charge is 0.481 e. The van der Waals surface area contributed by atoms with Gasteiger partial charge in [0, 0.05) is 11.6 Å². The average Bonchev–Trinajstić information content (AvgIpc) is 2.31. The summed E-state index contributed by atoms with van der Waals surface area (Å²) in [6, 6.07) is 2.18. The van der Waals surface area contributed by atoms with E-state index in [0.29, 0.717) is 5.56 Å². The molecule has 6 heteroatoms. The van der Waals surface area contributed by atoms with Gasteiger partial charge in [0.1, 0.15) is 11.6 Å². The minimum atomic E-state index is -4.46. The lowest BCUT2D eigenvalue weighted by molar-refractivity contribution is -0.189. The molecule has 1 aromatic rings. The molecule has 1 N–H and O–H groups in total. The fraction of sp³-hybridized carbons (Fsp3) is 0.538. The molecule has 0 heterocycles. The van der Waals surface area contributed by atoms with E-state index in [1.54, 1.807) is 14.0 Å². The van der Waals surface area contributed by atoms with Crippen LogP contribution >= 0.6 is 0 Å². The first kappa shape index (κ1) is 15.8. The van der Waals surface area contributed by atoms with Crippen molar-refractivity contribution >= 4 is 0 Å². The van der Waals surface area contributed by atoms with Crippen molar-refractivity contribution < 1.29 is 22.3 Å². The van der Waals surface area contributed by atoms with Crippen molar-refractivity contribution in [1.82, 2.24) is 5.32 Å². The predicted octanol–water partition coefficient (Wildman–Crippen LogP) is 3.74. The molecule has 0 spiro atoms. The minimum Gasteiger partial charge on any atom is -0.481 e. The Labute approximate surface area is 109 Å². The van der Waals surface area contributed by atoms with Crippen molar-refractivity contribution in [1.29, 1.82) is 0 Å². The van der Waals surface area contributed by atoms with Gasteiger partial charge in [0.15, 0.2) is 6.10 Å². The van der Waals surface area contributed by atoms with Crippen molar-refractivity contribution in [3.8, 4) is 5.75 Å². The second kappa shape index (κ2) is 5.77. The monoisotopic (exact) mass is 279 g/mol. The van der Waals surface area contributed by atoms with Gasteiger partial charge in [-0.1, -0.05) is 0 Å². The molecule has 0 aromatic heterocycles. The van der Waals surface area contributed by atoms with Crippen molar-refractivity contribution in [3.05, 3.63) is 29.1 Å². The lowest BCUT2D eigenvalue weighted by atomic mass is 10.0. The Bertz CT molecular complexity index is 445. The third kappa shape index (κ3) is 3.83. The summed E-state index contributed by atoms with van der Waals surface area (Å²) >= 11 is 0. The van der Waals surface area contributed by atoms with Crippen LogP contribution in [0, 0.1) is 12.7 Å². The highest BCUT2D eigenvalue weighted by molar-refractivity contribution is 5.40. The molecule has 0 saturated heterocycles. The summed E-state index contributed by atoms with van der Waals surface area (Å²) in [5.74, 6) is -0.422. The van der Waals surface area contributed by atoms with Gasteiger partial charge in [-0.2, -0.15) is 13.2 Å². The summed E-state index contributed by atoms with van der Waals surface area (Å²) in [6.45, 7) is 4.12. The molecule has 0 fully saturated rings. The van der Waals surface area contributed by atoms with Gasteiger partial charge in [0.05, 0.1) is 0 Å². The normalized spacial score (nSPS) is 15.2. The van der Waals surface area contributed by atoms with Crippen LogP contribution < -0.4 is 10.1 Å². The number of benzene rings is 1. The zero-order valence-electron chi connectivity index (χ0n) is 11.2. The summed E-state index contributed by atoms with van der Waals surface area (Å²) in [6.07, 6.45) is -6.40. The molecular weight excluding hydrogens is 262 g/mol. The molecule has 108 valence electrons. The molecule has 0 aliphatic rings. The predicted molar refractivity (Wildman–Crippen MR) is 64.8 cm³/mol. The Morgan fingerprint density at radius 3 is 2.26 bits per heavy atom. The summed E-state index contributed by atoms with van der Waals surface area (Å²) in [5, 5.41) is 2.85. The molecule has 0 bridgehead atoms. The van der Waals surface area contributed by atoms with E-state index in [9.17, 15) is 17.6 Å². The number of rotatable bonds is 4. The standard InChI is InChI=1S/C13H17F4NO/c1-7-5-12(19-9(3)13(15,16)17)10(6-11(7)14)8(2)18-4/h5-6,8-9,18H,1-4H3. The Morgan fingerprint density at radius 1 is 1.21 bits per heavy atom. The number of hydrogen-bond acceptors (Lipinski definition) is 2. The third-order valence-corrected chi connectivity index (χ3v) is 2.96. The number of aryl methyl sites for hydroxylation is 1. The van der Waals surface area contributed by atoms with Gasteiger partial charge in [-0.05, 0) is 45.5 Å². The summed E-state index contributed by atoms with van der Waals surface area (Å²) in [7, 11) is 1.64. The maximum absolute atomic E-state index is 13.5. The van der Waals surface area contributed by atoms with Crippen LogP contribution in [0.25, 0.3) is 0 Å². The van der Waals surface area contributed by atoms with Crippen LogP contribution in [-0.4, -0.2) is 19.3 Å². The van der Waals surface area contributed by atoms with Crippen LogP contribution in [0.2, 0.25) is 0 Å². The summed E-state index contributed by atoms with van der Waals surface area (Å²) < 4.78 is 56.0. The smallest absolute Gasteiger partial charge is 0.425 e. The summed E-state index contributed by atoms with van der Waals surface area (Å²) in [5.41, 5.74) is 0.609. The van der Waals surface area contributed by atoms with Crippen LogP contribution in [0.4, 0.5) is 17.6 Å². The second-order valence-corrected chi connectivity index (χ2v) is 4.45. The molecule has 1 rings (SSSR count). The van der Waals surface area contributed by atoms with Gasteiger partial charge in [-0.3, -0.25) is 0 Å². The summed E-state index contributed by atoms with van der Waals surface area (Å²) in [4.78, 5) is 0. The van der Waals surface area contributed by atoms with E-state index < -0.39 is 18.1 Å². The van der Waals surface area contributed by atoms with Gasteiger partial charge >= 0.3 is 6.18 Å². The Morgan fingerprint density at radius 2 is 1.79 bits per heavy atom. The van der Waals surface area contributed by atoms with E-state index in [4.69, 9.17) is 4.74 Å². The SMILES string of the molecule is CNC(C)c1cc(F)c(C)cc1OC(C)C(F)(F)F.